The summed E-state index contributed by atoms with van der Waals surface area (Å²) in [5, 5.41) is 43.3. The maximum Gasteiger partial charge on any atom is 0.278 e. The van der Waals surface area contributed by atoms with Gasteiger partial charge in [0, 0.05) is 17.5 Å². The maximum absolute atomic E-state index is 13.0. The molecule has 0 aliphatic carbocycles. The first kappa shape index (κ1) is 26.2. The van der Waals surface area contributed by atoms with E-state index < -0.39 is 47.8 Å². The number of alkyl halides is 2. The fourth-order valence-electron chi connectivity index (χ4n) is 4.55. The van der Waals surface area contributed by atoms with Gasteiger partial charge in [0.1, 0.15) is 24.1 Å². The molecule has 35 heavy (non-hydrogen) atoms. The van der Waals surface area contributed by atoms with Crippen molar-refractivity contribution >= 4 is 11.6 Å². The van der Waals surface area contributed by atoms with Crippen molar-refractivity contribution in [2.75, 3.05) is 13.2 Å². The monoisotopic (exact) mass is 514 g/mol. The molecule has 5 atom stereocenters. The Kier molecular flexibility index (Phi) is 6.68. The summed E-state index contributed by atoms with van der Waals surface area (Å²) in [6.45, 7) is 2.66. The Bertz CT molecular complexity index is 1070. The molecule has 2 bridgehead atoms. The van der Waals surface area contributed by atoms with E-state index in [-0.39, 0.29) is 6.61 Å². The van der Waals surface area contributed by atoms with Crippen molar-refractivity contribution in [3.8, 4) is 5.75 Å². The Balaban J connectivity index is 1.61. The van der Waals surface area contributed by atoms with Crippen LogP contribution in [0.3, 0.4) is 0 Å². The molecule has 0 spiro atoms. The summed E-state index contributed by atoms with van der Waals surface area (Å²) in [5.74, 6) is -4.46. The van der Waals surface area contributed by atoms with E-state index in [1.165, 1.54) is 13.8 Å². The Labute approximate surface area is 206 Å². The SMILES string of the molecule is CC(F)(F)COc1ccc(Cc2cc([C@]34OC[C@](C(C)(C)O)(O3)[C@@H](O)[C@H](O)[C@H]4O)ccc2Cl)cc1. The van der Waals surface area contributed by atoms with E-state index in [2.05, 4.69) is 0 Å². The summed E-state index contributed by atoms with van der Waals surface area (Å²) < 4.78 is 43.1. The topological polar surface area (TPSA) is 109 Å². The lowest BCUT2D eigenvalue weighted by Crippen LogP contribution is -2.70. The largest absolute Gasteiger partial charge is 0.487 e. The summed E-state index contributed by atoms with van der Waals surface area (Å²) in [4.78, 5) is 0. The average molecular weight is 515 g/mol. The third kappa shape index (κ3) is 4.67. The highest BCUT2D eigenvalue weighted by molar-refractivity contribution is 6.31. The maximum atomic E-state index is 13.0. The summed E-state index contributed by atoms with van der Waals surface area (Å²) in [7, 11) is 0. The predicted octanol–water partition coefficient (Wildman–Crippen LogP) is 2.77. The van der Waals surface area contributed by atoms with E-state index in [9.17, 15) is 29.2 Å². The van der Waals surface area contributed by atoms with Gasteiger partial charge < -0.3 is 34.6 Å². The highest BCUT2D eigenvalue weighted by Crippen LogP contribution is 2.53. The molecule has 7 nitrogen and oxygen atoms in total. The second kappa shape index (κ2) is 8.92. The summed E-state index contributed by atoms with van der Waals surface area (Å²) >= 11 is 6.42. The molecule has 0 amide bonds. The standard InChI is InChI=1S/C25H29ClF2O7/c1-22(2,32)24-13-34-25(35-24,21(31)19(29)20(24)30)16-6-9-18(26)15(11-16)10-14-4-7-17(8-5-14)33-12-23(3,27)28/h4-9,11,19-21,29-32H,10,12-13H2,1-3H3/t19-,20-,21+,24-,25-/m0/s1. The first-order chi connectivity index (χ1) is 16.2. The minimum Gasteiger partial charge on any atom is -0.487 e. The van der Waals surface area contributed by atoms with Crippen molar-refractivity contribution in [3.05, 3.63) is 64.2 Å². The number of benzene rings is 2. The molecular weight excluding hydrogens is 486 g/mol. The number of ether oxygens (including phenoxy) is 3. The van der Waals surface area contributed by atoms with Gasteiger partial charge >= 0.3 is 0 Å². The van der Waals surface area contributed by atoms with Gasteiger partial charge in [-0.25, -0.2) is 8.78 Å². The number of aliphatic hydroxyl groups is 4. The Morgan fingerprint density at radius 3 is 2.31 bits per heavy atom. The van der Waals surface area contributed by atoms with E-state index in [0.29, 0.717) is 28.3 Å². The quantitative estimate of drug-likeness (QED) is 0.450. The normalized spacial score (nSPS) is 31.0. The molecule has 2 saturated heterocycles. The molecule has 2 aromatic carbocycles. The molecule has 4 rings (SSSR count). The van der Waals surface area contributed by atoms with Crippen molar-refractivity contribution < 1.29 is 43.4 Å². The minimum atomic E-state index is -2.94. The number of halogens is 3. The number of aliphatic hydroxyl groups excluding tert-OH is 3. The summed E-state index contributed by atoms with van der Waals surface area (Å²) in [6.07, 6.45) is -4.52. The lowest BCUT2D eigenvalue weighted by atomic mass is 9.75. The molecule has 0 aromatic heterocycles. The van der Waals surface area contributed by atoms with Gasteiger partial charge in [0.2, 0.25) is 5.79 Å². The third-order valence-corrected chi connectivity index (χ3v) is 7.01. The Morgan fingerprint density at radius 1 is 1.06 bits per heavy atom. The van der Waals surface area contributed by atoms with Crippen LogP contribution in [-0.2, 0) is 21.7 Å². The van der Waals surface area contributed by atoms with E-state index >= 15 is 0 Å². The molecule has 2 fully saturated rings. The zero-order valence-corrected chi connectivity index (χ0v) is 20.3. The van der Waals surface area contributed by atoms with Crippen LogP contribution in [0.5, 0.6) is 5.75 Å². The zero-order valence-electron chi connectivity index (χ0n) is 19.5. The molecule has 192 valence electrons. The first-order valence-corrected chi connectivity index (χ1v) is 11.6. The van der Waals surface area contributed by atoms with Gasteiger partial charge in [-0.05, 0) is 55.7 Å². The molecule has 4 N–H and O–H groups in total. The van der Waals surface area contributed by atoms with Crippen molar-refractivity contribution in [2.24, 2.45) is 0 Å². The highest BCUT2D eigenvalue weighted by atomic mass is 35.5. The van der Waals surface area contributed by atoms with E-state index in [0.717, 1.165) is 12.5 Å². The molecular formula is C25H29ClF2O7. The lowest BCUT2D eigenvalue weighted by Gasteiger charge is -2.50. The average Bonchev–Trinajstić information content (AvgIpc) is 3.18. The van der Waals surface area contributed by atoms with Gasteiger partial charge in [-0.2, -0.15) is 0 Å². The van der Waals surface area contributed by atoms with E-state index in [4.69, 9.17) is 25.8 Å². The van der Waals surface area contributed by atoms with Crippen LogP contribution in [0.15, 0.2) is 42.5 Å². The Hall–Kier alpha value is -1.85. The molecule has 2 aromatic rings. The lowest BCUT2D eigenvalue weighted by molar-refractivity contribution is -0.348. The van der Waals surface area contributed by atoms with Gasteiger partial charge in [-0.3, -0.25) is 0 Å². The molecule has 2 aliphatic heterocycles. The summed E-state index contributed by atoms with van der Waals surface area (Å²) in [6, 6.07) is 11.5. The fraction of sp³-hybridized carbons (Fsp3) is 0.520. The van der Waals surface area contributed by atoms with Gasteiger partial charge in [0.15, 0.2) is 12.2 Å². The zero-order chi connectivity index (χ0) is 25.8. The van der Waals surface area contributed by atoms with Crippen molar-refractivity contribution in [1.82, 2.24) is 0 Å². The molecule has 10 heteroatoms. The van der Waals surface area contributed by atoms with Crippen LogP contribution in [0.2, 0.25) is 5.02 Å². The van der Waals surface area contributed by atoms with Gasteiger partial charge in [-0.1, -0.05) is 29.8 Å². The molecule has 0 saturated carbocycles. The first-order valence-electron chi connectivity index (χ1n) is 11.2. The second-order valence-corrected chi connectivity index (χ2v) is 10.3. The molecule has 2 heterocycles. The second-order valence-electron chi connectivity index (χ2n) is 9.87. The Morgan fingerprint density at radius 2 is 1.71 bits per heavy atom. The van der Waals surface area contributed by atoms with Crippen LogP contribution >= 0.6 is 11.6 Å². The van der Waals surface area contributed by atoms with Gasteiger partial charge in [-0.15, -0.1) is 0 Å². The summed E-state index contributed by atoms with van der Waals surface area (Å²) in [5.41, 5.74) is -1.46. The van der Waals surface area contributed by atoms with E-state index in [1.54, 1.807) is 42.5 Å². The smallest absolute Gasteiger partial charge is 0.278 e. The van der Waals surface area contributed by atoms with Crippen LogP contribution in [0.25, 0.3) is 0 Å². The van der Waals surface area contributed by atoms with Gasteiger partial charge in [0.25, 0.3) is 5.92 Å². The molecule has 0 unspecified atom stereocenters. The minimum absolute atomic E-state index is 0.262. The van der Waals surface area contributed by atoms with Crippen LogP contribution < -0.4 is 4.74 Å². The highest BCUT2D eigenvalue weighted by Gasteiger charge is 2.71. The number of hydrogen-bond donors (Lipinski definition) is 4. The number of hydrogen-bond acceptors (Lipinski definition) is 7. The van der Waals surface area contributed by atoms with Crippen molar-refractivity contribution in [2.45, 2.75) is 68.4 Å². The molecule has 2 aliphatic rings. The van der Waals surface area contributed by atoms with Gasteiger partial charge in [0.05, 0.1) is 12.2 Å². The van der Waals surface area contributed by atoms with Crippen LogP contribution in [0, 0.1) is 0 Å². The van der Waals surface area contributed by atoms with Crippen LogP contribution in [0.4, 0.5) is 8.78 Å². The fourth-order valence-corrected chi connectivity index (χ4v) is 4.73. The van der Waals surface area contributed by atoms with E-state index in [1.807, 2.05) is 0 Å². The number of rotatable bonds is 7. The predicted molar refractivity (Wildman–Crippen MR) is 123 cm³/mol. The van der Waals surface area contributed by atoms with Crippen LogP contribution in [-0.4, -0.2) is 69.1 Å². The number of fused-ring (bicyclic) bond motifs is 2. The van der Waals surface area contributed by atoms with Crippen LogP contribution in [0.1, 0.15) is 37.5 Å². The molecule has 0 radical (unpaired) electrons. The van der Waals surface area contributed by atoms with Crippen molar-refractivity contribution in [3.63, 3.8) is 0 Å². The third-order valence-electron chi connectivity index (χ3n) is 6.64. The van der Waals surface area contributed by atoms with Crippen molar-refractivity contribution in [1.29, 1.82) is 0 Å².